The maximum atomic E-state index is 4.30. The molecule has 9 rings (SSSR count). The first-order valence-corrected chi connectivity index (χ1v) is 27.5. The fraction of sp³-hybridized carbons (Fsp3) is 0.243. The predicted molar refractivity (Wildman–Crippen MR) is 337 cm³/mol. The van der Waals surface area contributed by atoms with E-state index >= 15 is 0 Å². The van der Waals surface area contributed by atoms with Crippen LogP contribution < -0.4 is 14.7 Å². The third-order valence-electron chi connectivity index (χ3n) is 16.2. The van der Waals surface area contributed by atoms with Gasteiger partial charge in [-0.05, 0) is 216 Å². The van der Waals surface area contributed by atoms with Gasteiger partial charge in [-0.3, -0.25) is 0 Å². The van der Waals surface area contributed by atoms with Crippen molar-refractivity contribution in [3.8, 4) is 11.1 Å². The number of fused-ring (bicyclic) bond motifs is 1. The van der Waals surface area contributed by atoms with Gasteiger partial charge in [0.2, 0.25) is 0 Å². The zero-order chi connectivity index (χ0) is 55.0. The van der Waals surface area contributed by atoms with E-state index in [9.17, 15) is 0 Å². The minimum atomic E-state index is -0.148. The Kier molecular flexibility index (Phi) is 15.1. The fourth-order valence-electron chi connectivity index (χ4n) is 11.5. The van der Waals surface area contributed by atoms with Crippen molar-refractivity contribution in [1.29, 1.82) is 0 Å². The van der Waals surface area contributed by atoms with E-state index in [-0.39, 0.29) is 16.2 Å². The molecule has 0 radical (unpaired) electrons. The second kappa shape index (κ2) is 21.6. The molecular weight excluding hydrogens is 931 g/mol. The monoisotopic (exact) mass is 1010 g/mol. The van der Waals surface area contributed by atoms with Crippen molar-refractivity contribution in [3.05, 3.63) is 256 Å². The van der Waals surface area contributed by atoms with E-state index in [0.717, 1.165) is 69.3 Å². The Bertz CT molecular complexity index is 3520. The molecule has 3 nitrogen and oxygen atoms in total. The van der Waals surface area contributed by atoms with E-state index in [0.29, 0.717) is 0 Å². The number of para-hydroxylation sites is 2. The molecule has 0 saturated carbocycles. The average molecular weight is 1010 g/mol. The summed E-state index contributed by atoms with van der Waals surface area (Å²) in [6, 6.07) is 58.7. The number of allylic oxidation sites excluding steroid dienone is 4. The summed E-state index contributed by atoms with van der Waals surface area (Å²) < 4.78 is 0. The zero-order valence-corrected chi connectivity index (χ0v) is 48.1. The van der Waals surface area contributed by atoms with E-state index in [1.165, 1.54) is 67.0 Å². The summed E-state index contributed by atoms with van der Waals surface area (Å²) in [7, 11) is 0. The molecule has 0 atom stereocenters. The molecule has 0 aromatic heterocycles. The molecule has 0 bridgehead atoms. The van der Waals surface area contributed by atoms with Crippen LogP contribution in [-0.2, 0) is 16.2 Å². The Morgan fingerprint density at radius 1 is 0.442 bits per heavy atom. The molecule has 8 aromatic rings. The number of hydrogen-bond donors (Lipinski definition) is 0. The van der Waals surface area contributed by atoms with Gasteiger partial charge < -0.3 is 14.7 Å². The third-order valence-corrected chi connectivity index (χ3v) is 16.2. The highest BCUT2D eigenvalue weighted by atomic mass is 15.2. The predicted octanol–water partition coefficient (Wildman–Crippen LogP) is 21.7. The van der Waals surface area contributed by atoms with E-state index < -0.39 is 0 Å². The molecule has 77 heavy (non-hydrogen) atoms. The van der Waals surface area contributed by atoms with Gasteiger partial charge in [0.05, 0.1) is 11.4 Å². The van der Waals surface area contributed by atoms with Gasteiger partial charge in [-0.2, -0.15) is 0 Å². The number of rotatable bonds is 14. The number of nitrogens with zero attached hydrogens (tertiary/aromatic N) is 3. The summed E-state index contributed by atoms with van der Waals surface area (Å²) in [6.07, 6.45) is 14.4. The van der Waals surface area contributed by atoms with Crippen LogP contribution in [0.5, 0.6) is 0 Å². The molecule has 0 unspecified atom stereocenters. The minimum absolute atomic E-state index is 0.00228. The Labute approximate surface area is 462 Å². The maximum Gasteiger partial charge on any atom is 0.0514 e. The van der Waals surface area contributed by atoms with Crippen LogP contribution >= 0.6 is 0 Å². The second-order valence-electron chi connectivity index (χ2n) is 23.8. The van der Waals surface area contributed by atoms with Crippen molar-refractivity contribution in [2.75, 3.05) is 14.7 Å². The molecule has 0 spiro atoms. The molecule has 3 heteroatoms. The number of aryl methyl sites for hydroxylation is 4. The van der Waals surface area contributed by atoms with Crippen molar-refractivity contribution in [1.82, 2.24) is 0 Å². The molecule has 1 aliphatic rings. The van der Waals surface area contributed by atoms with Crippen LogP contribution in [0, 0.1) is 41.5 Å². The van der Waals surface area contributed by atoms with Gasteiger partial charge in [0.15, 0.2) is 0 Å². The lowest BCUT2D eigenvalue weighted by Crippen LogP contribution is -2.34. The number of benzene rings is 8. The lowest BCUT2D eigenvalue weighted by molar-refractivity contribution is 0.332. The number of anilines is 9. The van der Waals surface area contributed by atoms with Gasteiger partial charge in [-0.25, -0.2) is 0 Å². The smallest absolute Gasteiger partial charge is 0.0514 e. The van der Waals surface area contributed by atoms with Gasteiger partial charge in [0.1, 0.15) is 0 Å². The topological polar surface area (TPSA) is 9.72 Å². The van der Waals surface area contributed by atoms with Crippen molar-refractivity contribution in [3.63, 3.8) is 0 Å². The Morgan fingerprint density at radius 3 is 1.60 bits per heavy atom. The third kappa shape index (κ3) is 10.8. The van der Waals surface area contributed by atoms with Gasteiger partial charge in [0, 0.05) is 39.8 Å². The first-order valence-electron chi connectivity index (χ1n) is 27.5. The van der Waals surface area contributed by atoms with E-state index in [4.69, 9.17) is 0 Å². The molecule has 0 aliphatic heterocycles. The SMILES string of the molecule is C=C/C=C\C=Cc1ccc(C)c(N(c2ccc(N(c3ccccc3)c3ccccc3)cc2C)c2cc(C)cc(N(c3cc4c(cc3C)C(C)(C)CCC4(C)C)c3cc(C(C)(C)C)cc(-c4ccccc4C=C)c3C)c2C)c1. The highest BCUT2D eigenvalue weighted by Crippen LogP contribution is 2.53. The molecular formula is C74H79N3. The molecule has 0 heterocycles. The first-order chi connectivity index (χ1) is 36.7. The van der Waals surface area contributed by atoms with Crippen LogP contribution in [0.15, 0.2) is 195 Å². The normalized spacial score (nSPS) is 13.9. The van der Waals surface area contributed by atoms with Crippen LogP contribution in [0.25, 0.3) is 23.3 Å². The van der Waals surface area contributed by atoms with Crippen LogP contribution in [0.4, 0.5) is 51.2 Å². The molecule has 0 N–H and O–H groups in total. The van der Waals surface area contributed by atoms with Gasteiger partial charge in [-0.15, -0.1) is 0 Å². The molecule has 0 amide bonds. The van der Waals surface area contributed by atoms with E-state index in [1.807, 2.05) is 24.3 Å². The van der Waals surface area contributed by atoms with Crippen LogP contribution in [0.2, 0.25) is 0 Å². The minimum Gasteiger partial charge on any atom is -0.310 e. The molecule has 390 valence electrons. The first kappa shape index (κ1) is 53.9. The Balaban J connectivity index is 1.36. The summed E-state index contributed by atoms with van der Waals surface area (Å²) >= 11 is 0. The highest BCUT2D eigenvalue weighted by Gasteiger charge is 2.39. The molecule has 1 aliphatic carbocycles. The van der Waals surface area contributed by atoms with E-state index in [2.05, 4.69) is 288 Å². The van der Waals surface area contributed by atoms with Crippen LogP contribution in [0.3, 0.4) is 0 Å². The zero-order valence-electron chi connectivity index (χ0n) is 48.1. The maximum absolute atomic E-state index is 4.30. The Hall–Kier alpha value is -7.88. The lowest BCUT2D eigenvalue weighted by atomic mass is 9.63. The largest absolute Gasteiger partial charge is 0.310 e. The Morgan fingerprint density at radius 2 is 1.00 bits per heavy atom. The van der Waals surface area contributed by atoms with Crippen LogP contribution in [-0.4, -0.2) is 0 Å². The van der Waals surface area contributed by atoms with Gasteiger partial charge in [-0.1, -0.05) is 183 Å². The summed E-state index contributed by atoms with van der Waals surface area (Å²) in [4.78, 5) is 7.51. The number of hydrogen-bond acceptors (Lipinski definition) is 3. The highest BCUT2D eigenvalue weighted by molar-refractivity contribution is 5.93. The standard InChI is InChI=1S/C74H79N3/c1-16-18-19-22-29-56-37-36-51(4)67(46-56)76(66-39-38-61(44-52(66)5)75(59-31-23-20-24-32-59)60-33-25-21-26-34-60)69-42-50(3)43-70(55(69)8)77(68-49-65-64(45-53(68)6)73(12,13)40-41-74(65,14)15)71-48-58(72(9,10)11)47-63(54(71)7)62-35-28-27-30-57(62)17-2/h16-39,42-49H,1-2,40-41H2,3-15H3/b19-18-,29-22?. The second-order valence-corrected chi connectivity index (χ2v) is 23.8. The van der Waals surface area contributed by atoms with Gasteiger partial charge >= 0.3 is 0 Å². The lowest BCUT2D eigenvalue weighted by Gasteiger charge is -2.43. The van der Waals surface area contributed by atoms with Gasteiger partial charge in [0.25, 0.3) is 0 Å². The van der Waals surface area contributed by atoms with Crippen molar-refractivity contribution in [2.45, 2.75) is 119 Å². The summed E-state index contributed by atoms with van der Waals surface area (Å²) in [6.45, 7) is 38.8. The van der Waals surface area contributed by atoms with Crippen molar-refractivity contribution in [2.24, 2.45) is 0 Å². The summed E-state index contributed by atoms with van der Waals surface area (Å²) in [5.74, 6) is 0. The van der Waals surface area contributed by atoms with Crippen molar-refractivity contribution >= 4 is 63.3 Å². The quantitative estimate of drug-likeness (QED) is 0.101. The summed E-state index contributed by atoms with van der Waals surface area (Å²) in [5, 5.41) is 0. The van der Waals surface area contributed by atoms with Crippen LogP contribution in [0.1, 0.15) is 123 Å². The molecule has 8 aromatic carbocycles. The van der Waals surface area contributed by atoms with E-state index in [1.54, 1.807) is 0 Å². The average Bonchev–Trinajstić information content (AvgIpc) is 3.44. The van der Waals surface area contributed by atoms with Crippen molar-refractivity contribution < 1.29 is 0 Å². The fourth-order valence-corrected chi connectivity index (χ4v) is 11.5. The molecule has 0 fully saturated rings. The molecule has 0 saturated heterocycles. The summed E-state index contributed by atoms with van der Waals surface area (Å²) in [5.41, 5.74) is 26.1.